The van der Waals surface area contributed by atoms with Gasteiger partial charge >= 0.3 is 0 Å². The van der Waals surface area contributed by atoms with E-state index in [-0.39, 0.29) is 6.61 Å². The van der Waals surface area contributed by atoms with Crippen LogP contribution in [0.2, 0.25) is 0 Å². The minimum atomic E-state index is 0.0947. The van der Waals surface area contributed by atoms with Gasteiger partial charge in [-0.15, -0.1) is 11.3 Å². The van der Waals surface area contributed by atoms with Crippen LogP contribution in [0.5, 0.6) is 0 Å². The van der Waals surface area contributed by atoms with E-state index in [1.54, 1.807) is 11.3 Å². The van der Waals surface area contributed by atoms with E-state index >= 15 is 0 Å². The first kappa shape index (κ1) is 12.1. The molecule has 0 saturated carbocycles. The molecule has 0 aromatic carbocycles. The number of aliphatic hydroxyl groups excluding tert-OH is 1. The highest BCUT2D eigenvalue weighted by molar-refractivity contribution is 9.11. The van der Waals surface area contributed by atoms with Gasteiger partial charge in [0.15, 0.2) is 0 Å². The third kappa shape index (κ3) is 5.07. The van der Waals surface area contributed by atoms with Crippen molar-refractivity contribution in [2.75, 3.05) is 26.4 Å². The lowest BCUT2D eigenvalue weighted by Crippen LogP contribution is -2.19. The van der Waals surface area contributed by atoms with Crippen LogP contribution in [0.1, 0.15) is 5.56 Å². The van der Waals surface area contributed by atoms with Crippen molar-refractivity contribution in [3.63, 3.8) is 0 Å². The van der Waals surface area contributed by atoms with E-state index in [9.17, 15) is 0 Å². The number of ether oxygens (including phenoxy) is 1. The Labute approximate surface area is 96.2 Å². The summed E-state index contributed by atoms with van der Waals surface area (Å²) in [5.74, 6) is 0. The molecular weight excluding hydrogens is 266 g/mol. The number of rotatable bonds is 7. The predicted molar refractivity (Wildman–Crippen MR) is 61.6 cm³/mol. The lowest BCUT2D eigenvalue weighted by molar-refractivity contribution is 0.0938. The highest BCUT2D eigenvalue weighted by Gasteiger charge is 1.95. The number of thiophene rings is 1. The van der Waals surface area contributed by atoms with E-state index in [1.165, 1.54) is 5.56 Å². The van der Waals surface area contributed by atoms with Gasteiger partial charge in [-0.25, -0.2) is 0 Å². The average Bonchev–Trinajstić information content (AvgIpc) is 2.58. The second-order valence-corrected chi connectivity index (χ2v) is 5.06. The molecule has 0 fully saturated rings. The summed E-state index contributed by atoms with van der Waals surface area (Å²) in [5, 5.41) is 13.8. The van der Waals surface area contributed by atoms with Crippen molar-refractivity contribution in [1.29, 1.82) is 0 Å². The molecular formula is C9H14BrNO2S. The van der Waals surface area contributed by atoms with E-state index in [2.05, 4.69) is 32.7 Å². The van der Waals surface area contributed by atoms with Gasteiger partial charge in [0.25, 0.3) is 0 Å². The van der Waals surface area contributed by atoms with Crippen LogP contribution in [0.15, 0.2) is 15.2 Å². The van der Waals surface area contributed by atoms with Crippen molar-refractivity contribution >= 4 is 27.3 Å². The van der Waals surface area contributed by atoms with Gasteiger partial charge < -0.3 is 15.2 Å². The molecule has 0 radical (unpaired) electrons. The lowest BCUT2D eigenvalue weighted by Gasteiger charge is -2.03. The van der Waals surface area contributed by atoms with Gasteiger partial charge in [0, 0.05) is 13.1 Å². The zero-order valence-electron chi connectivity index (χ0n) is 7.83. The maximum absolute atomic E-state index is 8.45. The molecule has 3 nitrogen and oxygen atoms in total. The highest BCUT2D eigenvalue weighted by Crippen LogP contribution is 2.20. The molecule has 0 spiro atoms. The molecule has 1 heterocycles. The molecule has 0 aliphatic rings. The molecule has 0 atom stereocenters. The molecule has 14 heavy (non-hydrogen) atoms. The fourth-order valence-electron chi connectivity index (χ4n) is 0.982. The fraction of sp³-hybridized carbons (Fsp3) is 0.556. The van der Waals surface area contributed by atoms with Crippen molar-refractivity contribution in [3.05, 3.63) is 20.8 Å². The number of hydrogen-bond acceptors (Lipinski definition) is 4. The lowest BCUT2D eigenvalue weighted by atomic mass is 10.3. The topological polar surface area (TPSA) is 41.5 Å². The van der Waals surface area contributed by atoms with Crippen LogP contribution >= 0.6 is 27.3 Å². The first-order valence-electron chi connectivity index (χ1n) is 4.45. The molecule has 1 aromatic heterocycles. The first-order valence-corrected chi connectivity index (χ1v) is 6.12. The maximum atomic E-state index is 8.45. The summed E-state index contributed by atoms with van der Waals surface area (Å²) in [6, 6.07) is 2.10. The van der Waals surface area contributed by atoms with Gasteiger partial charge in [0.2, 0.25) is 0 Å². The van der Waals surface area contributed by atoms with E-state index < -0.39 is 0 Å². The number of halogens is 1. The maximum Gasteiger partial charge on any atom is 0.0701 e. The summed E-state index contributed by atoms with van der Waals surface area (Å²) in [6.07, 6.45) is 0. The zero-order valence-corrected chi connectivity index (χ0v) is 10.2. The van der Waals surface area contributed by atoms with Gasteiger partial charge in [-0.3, -0.25) is 0 Å². The van der Waals surface area contributed by atoms with Crippen LogP contribution in [0.3, 0.4) is 0 Å². The second kappa shape index (κ2) is 7.36. The van der Waals surface area contributed by atoms with Gasteiger partial charge in [0.05, 0.1) is 23.6 Å². The van der Waals surface area contributed by atoms with E-state index in [1.807, 2.05) is 0 Å². The van der Waals surface area contributed by atoms with Crippen molar-refractivity contribution in [2.45, 2.75) is 6.54 Å². The van der Waals surface area contributed by atoms with Gasteiger partial charge in [-0.1, -0.05) is 0 Å². The Morgan fingerprint density at radius 3 is 3.00 bits per heavy atom. The summed E-state index contributed by atoms with van der Waals surface area (Å²) in [6.45, 7) is 2.84. The predicted octanol–water partition coefficient (Wildman–Crippen LogP) is 1.61. The minimum absolute atomic E-state index is 0.0947. The van der Waals surface area contributed by atoms with E-state index in [4.69, 9.17) is 9.84 Å². The molecule has 0 amide bonds. The van der Waals surface area contributed by atoms with Crippen molar-refractivity contribution in [1.82, 2.24) is 5.32 Å². The monoisotopic (exact) mass is 279 g/mol. The molecule has 1 aromatic rings. The molecule has 2 N–H and O–H groups in total. The van der Waals surface area contributed by atoms with Crippen LogP contribution in [0.25, 0.3) is 0 Å². The normalized spacial score (nSPS) is 10.7. The quantitative estimate of drug-likeness (QED) is 0.746. The zero-order chi connectivity index (χ0) is 10.2. The third-order valence-corrected chi connectivity index (χ3v) is 3.16. The second-order valence-electron chi connectivity index (χ2n) is 2.77. The van der Waals surface area contributed by atoms with Crippen molar-refractivity contribution in [3.8, 4) is 0 Å². The fourth-order valence-corrected chi connectivity index (χ4v) is 2.19. The molecule has 0 bridgehead atoms. The Balaban J connectivity index is 1.99. The molecule has 5 heteroatoms. The summed E-state index contributed by atoms with van der Waals surface area (Å²) < 4.78 is 6.26. The third-order valence-electron chi connectivity index (χ3n) is 1.61. The highest BCUT2D eigenvalue weighted by atomic mass is 79.9. The van der Waals surface area contributed by atoms with Crippen molar-refractivity contribution in [2.24, 2.45) is 0 Å². The van der Waals surface area contributed by atoms with E-state index in [0.717, 1.165) is 16.9 Å². The smallest absolute Gasteiger partial charge is 0.0701 e. The van der Waals surface area contributed by atoms with Gasteiger partial charge in [-0.05, 0) is 32.9 Å². The van der Waals surface area contributed by atoms with Gasteiger partial charge in [0.1, 0.15) is 0 Å². The first-order chi connectivity index (χ1) is 6.83. The SMILES string of the molecule is OCCOCCNCc1csc(Br)c1. The summed E-state index contributed by atoms with van der Waals surface area (Å²) in [5.41, 5.74) is 1.28. The van der Waals surface area contributed by atoms with Crippen LogP contribution in [0.4, 0.5) is 0 Å². The number of hydrogen-bond donors (Lipinski definition) is 2. The Morgan fingerprint density at radius 2 is 2.36 bits per heavy atom. The summed E-state index contributed by atoms with van der Waals surface area (Å²) >= 11 is 5.10. The Hall–Kier alpha value is 0.0600. The number of nitrogens with one attached hydrogen (secondary N) is 1. The Morgan fingerprint density at radius 1 is 1.50 bits per heavy atom. The van der Waals surface area contributed by atoms with Crippen molar-refractivity contribution < 1.29 is 9.84 Å². The molecule has 0 aliphatic carbocycles. The van der Waals surface area contributed by atoms with Crippen LogP contribution in [-0.2, 0) is 11.3 Å². The Kier molecular flexibility index (Phi) is 6.38. The summed E-state index contributed by atoms with van der Waals surface area (Å²) in [4.78, 5) is 0. The molecule has 0 unspecified atom stereocenters. The number of aliphatic hydroxyl groups is 1. The molecule has 1 rings (SSSR count). The largest absolute Gasteiger partial charge is 0.394 e. The Bertz CT molecular complexity index is 255. The van der Waals surface area contributed by atoms with Gasteiger partial charge in [-0.2, -0.15) is 0 Å². The minimum Gasteiger partial charge on any atom is -0.394 e. The van der Waals surface area contributed by atoms with Crippen LogP contribution < -0.4 is 5.32 Å². The standard InChI is InChI=1S/C9H14BrNO2S/c10-9-5-8(7-14-9)6-11-1-3-13-4-2-12/h5,7,11-12H,1-4,6H2. The molecule has 0 saturated heterocycles. The average molecular weight is 280 g/mol. The molecule has 80 valence electrons. The molecule has 0 aliphatic heterocycles. The van der Waals surface area contributed by atoms with Crippen LogP contribution in [-0.4, -0.2) is 31.5 Å². The summed E-state index contributed by atoms with van der Waals surface area (Å²) in [7, 11) is 0. The van der Waals surface area contributed by atoms with Crippen LogP contribution in [0, 0.1) is 0 Å². The van der Waals surface area contributed by atoms with E-state index in [0.29, 0.717) is 13.2 Å².